The smallest absolute Gasteiger partial charge is 0.418 e. The maximum atomic E-state index is 9.47. The van der Waals surface area contributed by atoms with Gasteiger partial charge in [-0.2, -0.15) is 0 Å². The summed E-state index contributed by atoms with van der Waals surface area (Å²) in [4.78, 5) is 9.47. The van der Waals surface area contributed by atoms with E-state index in [2.05, 4.69) is 4.74 Å². The van der Waals surface area contributed by atoms with Crippen LogP contribution in [0.4, 0.5) is 0 Å². The Bertz CT molecular complexity index is 61.0. The maximum Gasteiger partial charge on any atom is 0.418 e. The van der Waals surface area contributed by atoms with Crippen molar-refractivity contribution in [1.29, 1.82) is 0 Å². The summed E-state index contributed by atoms with van der Waals surface area (Å²) < 4.78 is 4.42. The first kappa shape index (κ1) is 6.47. The molecule has 2 nitrogen and oxygen atoms in total. The van der Waals surface area contributed by atoms with Gasteiger partial charge in [-0.1, -0.05) is 0 Å². The van der Waals surface area contributed by atoms with Crippen LogP contribution in [0.15, 0.2) is 0 Å². The Morgan fingerprint density at radius 1 is 1.43 bits per heavy atom. The van der Waals surface area contributed by atoms with Gasteiger partial charge in [-0.05, 0) is 20.8 Å². The Morgan fingerprint density at radius 2 is 1.86 bits per heavy atom. The molecule has 0 aliphatic carbocycles. The van der Waals surface area contributed by atoms with Gasteiger partial charge in [-0.15, -0.1) is 0 Å². The van der Waals surface area contributed by atoms with Crippen molar-refractivity contribution in [3.63, 3.8) is 0 Å². The van der Waals surface area contributed by atoms with Gasteiger partial charge < -0.3 is 4.74 Å². The van der Waals surface area contributed by atoms with Gasteiger partial charge in [0.15, 0.2) is 0 Å². The van der Waals surface area contributed by atoms with Crippen LogP contribution < -0.4 is 0 Å². The molecule has 0 spiro atoms. The topological polar surface area (TPSA) is 26.3 Å². The molecule has 0 aromatic rings. The summed E-state index contributed by atoms with van der Waals surface area (Å²) in [6, 6.07) is 0. The van der Waals surface area contributed by atoms with Gasteiger partial charge in [0, 0.05) is 0 Å². The highest BCUT2D eigenvalue weighted by Crippen LogP contribution is 2.02. The first-order valence-electron chi connectivity index (χ1n) is 2.11. The van der Waals surface area contributed by atoms with Gasteiger partial charge >= 0.3 is 6.47 Å². The standard InChI is InChI=1S/C5H9O2/c1-5(2,3)7-4-6/h1-3H3. The van der Waals surface area contributed by atoms with E-state index in [1.165, 1.54) is 6.47 Å². The summed E-state index contributed by atoms with van der Waals surface area (Å²) in [6.45, 7) is 6.73. The highest BCUT2D eigenvalue weighted by atomic mass is 16.5. The summed E-state index contributed by atoms with van der Waals surface area (Å²) in [6.07, 6.45) is 0. The van der Waals surface area contributed by atoms with E-state index in [0.717, 1.165) is 0 Å². The van der Waals surface area contributed by atoms with Gasteiger partial charge in [0.1, 0.15) is 5.60 Å². The molecule has 0 heterocycles. The Labute approximate surface area is 43.5 Å². The molecular weight excluding hydrogens is 92.1 g/mol. The zero-order valence-electron chi connectivity index (χ0n) is 4.82. The van der Waals surface area contributed by atoms with Crippen molar-refractivity contribution in [2.45, 2.75) is 26.4 Å². The largest absolute Gasteiger partial charge is 0.452 e. The molecule has 0 fully saturated rings. The average Bonchev–Trinajstić information content (AvgIpc) is 1.30. The SMILES string of the molecule is CC(C)(C)O[C]=O. The molecule has 0 amide bonds. The van der Waals surface area contributed by atoms with Crippen molar-refractivity contribution in [3.8, 4) is 0 Å². The van der Waals surface area contributed by atoms with Gasteiger partial charge in [0.2, 0.25) is 0 Å². The summed E-state index contributed by atoms with van der Waals surface area (Å²) >= 11 is 0. The molecule has 7 heavy (non-hydrogen) atoms. The van der Waals surface area contributed by atoms with Crippen molar-refractivity contribution >= 4 is 6.47 Å². The normalized spacial score (nSPS) is 10.7. The predicted octanol–water partition coefficient (Wildman–Crippen LogP) is 0.869. The molecule has 0 saturated heterocycles. The van der Waals surface area contributed by atoms with Crippen LogP contribution in [0, 0.1) is 0 Å². The van der Waals surface area contributed by atoms with Crippen molar-refractivity contribution in [1.82, 2.24) is 0 Å². The van der Waals surface area contributed by atoms with E-state index in [4.69, 9.17) is 0 Å². The van der Waals surface area contributed by atoms with Crippen LogP contribution in [0.5, 0.6) is 0 Å². The molecule has 0 aliphatic heterocycles. The molecule has 0 N–H and O–H groups in total. The van der Waals surface area contributed by atoms with E-state index in [1.54, 1.807) is 20.8 Å². The minimum Gasteiger partial charge on any atom is -0.452 e. The lowest BCUT2D eigenvalue weighted by molar-refractivity contribution is 0.109. The highest BCUT2D eigenvalue weighted by Gasteiger charge is 2.08. The van der Waals surface area contributed by atoms with Gasteiger partial charge in [0.05, 0.1) is 0 Å². The zero-order chi connectivity index (χ0) is 5.91. The van der Waals surface area contributed by atoms with Crippen LogP contribution in [0.25, 0.3) is 0 Å². The van der Waals surface area contributed by atoms with Crippen molar-refractivity contribution in [2.75, 3.05) is 0 Å². The van der Waals surface area contributed by atoms with E-state index in [9.17, 15) is 4.79 Å². The quantitative estimate of drug-likeness (QED) is 0.490. The van der Waals surface area contributed by atoms with Gasteiger partial charge in [-0.3, -0.25) is 0 Å². The number of ether oxygens (including phenoxy) is 1. The lowest BCUT2D eigenvalue weighted by atomic mass is 10.2. The predicted molar refractivity (Wildman–Crippen MR) is 26.5 cm³/mol. The second-order valence-electron chi connectivity index (χ2n) is 2.30. The molecule has 0 bridgehead atoms. The molecule has 1 radical (unpaired) electrons. The van der Waals surface area contributed by atoms with Crippen molar-refractivity contribution < 1.29 is 9.53 Å². The molecule has 41 valence electrons. The average molecular weight is 101 g/mol. The molecule has 0 rings (SSSR count). The summed E-state index contributed by atoms with van der Waals surface area (Å²) in [5.74, 6) is 0. The molecule has 0 saturated carbocycles. The Hall–Kier alpha value is -0.530. The third-order valence-corrected chi connectivity index (χ3v) is 0.348. The van der Waals surface area contributed by atoms with Crippen LogP contribution in [0.1, 0.15) is 20.8 Å². The minimum atomic E-state index is -0.373. The molecule has 0 atom stereocenters. The van der Waals surface area contributed by atoms with E-state index >= 15 is 0 Å². The van der Waals surface area contributed by atoms with Crippen molar-refractivity contribution in [2.24, 2.45) is 0 Å². The van der Waals surface area contributed by atoms with Crippen LogP contribution in [-0.2, 0) is 9.53 Å². The van der Waals surface area contributed by atoms with E-state index in [1.807, 2.05) is 0 Å². The highest BCUT2D eigenvalue weighted by molar-refractivity contribution is 5.39. The summed E-state index contributed by atoms with van der Waals surface area (Å²) in [5.41, 5.74) is -0.373. The number of hydrogen-bond acceptors (Lipinski definition) is 2. The molecule has 0 aliphatic rings. The van der Waals surface area contributed by atoms with Crippen LogP contribution in [0.2, 0.25) is 0 Å². The Kier molecular flexibility index (Phi) is 1.81. The molecule has 2 heteroatoms. The second-order valence-corrected chi connectivity index (χ2v) is 2.30. The number of rotatable bonds is 1. The van der Waals surface area contributed by atoms with Crippen molar-refractivity contribution in [3.05, 3.63) is 0 Å². The summed E-state index contributed by atoms with van der Waals surface area (Å²) in [5, 5.41) is 0. The molecule has 0 aromatic heterocycles. The van der Waals surface area contributed by atoms with E-state index < -0.39 is 0 Å². The zero-order valence-corrected chi connectivity index (χ0v) is 4.82. The summed E-state index contributed by atoms with van der Waals surface area (Å²) in [7, 11) is 0. The van der Waals surface area contributed by atoms with E-state index in [-0.39, 0.29) is 5.60 Å². The fourth-order valence-corrected chi connectivity index (χ4v) is 0.125. The first-order valence-corrected chi connectivity index (χ1v) is 2.11. The fourth-order valence-electron chi connectivity index (χ4n) is 0.125. The first-order chi connectivity index (χ1) is 3.06. The Balaban J connectivity index is 3.34. The third kappa shape index (κ3) is 5.47. The minimum absolute atomic E-state index is 0.373. The maximum absolute atomic E-state index is 9.47. The molecular formula is C5H9O2. The lowest BCUT2D eigenvalue weighted by Crippen LogP contribution is -2.17. The van der Waals surface area contributed by atoms with Gasteiger partial charge in [0.25, 0.3) is 0 Å². The van der Waals surface area contributed by atoms with Crippen LogP contribution in [-0.4, -0.2) is 12.1 Å². The van der Waals surface area contributed by atoms with Gasteiger partial charge in [-0.25, -0.2) is 4.79 Å². The lowest BCUT2D eigenvalue weighted by Gasteiger charge is -2.13. The number of carbonyl (C=O) groups excluding carboxylic acids is 1. The fraction of sp³-hybridized carbons (Fsp3) is 0.800. The van der Waals surface area contributed by atoms with E-state index in [0.29, 0.717) is 0 Å². The Morgan fingerprint density at radius 3 is 1.86 bits per heavy atom. The molecule has 0 unspecified atom stereocenters. The van der Waals surface area contributed by atoms with Crippen LogP contribution in [0.3, 0.4) is 0 Å². The second kappa shape index (κ2) is 1.96. The van der Waals surface area contributed by atoms with Crippen LogP contribution >= 0.6 is 0 Å². The monoisotopic (exact) mass is 101 g/mol. The third-order valence-electron chi connectivity index (χ3n) is 0.348. The number of hydrogen-bond donors (Lipinski definition) is 0. The molecule has 0 aromatic carbocycles.